The highest BCUT2D eigenvalue weighted by molar-refractivity contribution is 6.35. The molecule has 1 N–H and O–H groups in total. The Labute approximate surface area is 188 Å². The van der Waals surface area contributed by atoms with Crippen molar-refractivity contribution in [2.24, 2.45) is 4.99 Å². The minimum Gasteiger partial charge on any atom is -0.354 e. The molecule has 1 amide bonds. The third-order valence-electron chi connectivity index (χ3n) is 4.75. The van der Waals surface area contributed by atoms with Crippen LogP contribution in [0.4, 0.5) is 8.78 Å². The molecule has 0 fully saturated rings. The average molecular weight is 451 g/mol. The number of fused-ring (bicyclic) bond motifs is 1. The van der Waals surface area contributed by atoms with E-state index in [0.29, 0.717) is 22.7 Å². The number of rotatable bonds is 4. The van der Waals surface area contributed by atoms with E-state index in [0.717, 1.165) is 28.6 Å². The molecule has 8 heteroatoms. The van der Waals surface area contributed by atoms with Crippen LogP contribution in [0.3, 0.4) is 0 Å². The lowest BCUT2D eigenvalue weighted by Gasteiger charge is -2.23. The lowest BCUT2D eigenvalue weighted by molar-refractivity contribution is -0.117. The second-order valence-electron chi connectivity index (χ2n) is 7.08. The minimum atomic E-state index is -0.909. The summed E-state index contributed by atoms with van der Waals surface area (Å²) in [5.74, 6) is 3.81. The van der Waals surface area contributed by atoms with E-state index in [4.69, 9.17) is 11.6 Å². The molecule has 0 aliphatic carbocycles. The lowest BCUT2D eigenvalue weighted by Crippen LogP contribution is -2.34. The van der Waals surface area contributed by atoms with Crippen LogP contribution in [-0.4, -0.2) is 35.2 Å². The Morgan fingerprint density at radius 2 is 2.03 bits per heavy atom. The molecule has 1 aliphatic heterocycles. The first-order valence-corrected chi connectivity index (χ1v) is 10.1. The number of amides is 1. The van der Waals surface area contributed by atoms with Gasteiger partial charge >= 0.3 is 0 Å². The Morgan fingerprint density at radius 1 is 1.16 bits per heavy atom. The number of nitrogens with one attached hydrogen (secondary N) is 1. The molecule has 0 radical (unpaired) electrons. The van der Waals surface area contributed by atoms with Crippen molar-refractivity contribution in [2.75, 3.05) is 13.1 Å². The van der Waals surface area contributed by atoms with Gasteiger partial charge < -0.3 is 10.2 Å². The van der Waals surface area contributed by atoms with Crippen molar-refractivity contribution >= 4 is 34.7 Å². The number of hydrogen-bond acceptors (Lipinski definition) is 4. The maximum Gasteiger partial charge on any atom is 0.251 e. The van der Waals surface area contributed by atoms with Crippen LogP contribution in [0, 0.1) is 23.5 Å². The molecular weight excluding hydrogens is 434 g/mol. The molecule has 1 aromatic heterocycles. The predicted molar refractivity (Wildman–Crippen MR) is 120 cm³/mol. The summed E-state index contributed by atoms with van der Waals surface area (Å²) in [6, 6.07) is 11.0. The van der Waals surface area contributed by atoms with E-state index in [1.54, 1.807) is 23.5 Å². The summed E-state index contributed by atoms with van der Waals surface area (Å²) in [6.07, 6.45) is 4.68. The second kappa shape index (κ2) is 9.58. The first-order chi connectivity index (χ1) is 15.5. The van der Waals surface area contributed by atoms with E-state index < -0.39 is 11.6 Å². The first-order valence-electron chi connectivity index (χ1n) is 9.71. The molecular formula is C24H17ClF2N4O. The van der Waals surface area contributed by atoms with Gasteiger partial charge in [0, 0.05) is 29.9 Å². The molecule has 3 aromatic rings. The van der Waals surface area contributed by atoms with Gasteiger partial charge in [-0.2, -0.15) is 0 Å². The van der Waals surface area contributed by atoms with E-state index in [1.807, 2.05) is 18.2 Å². The molecule has 0 bridgehead atoms. The molecule has 0 unspecified atom stereocenters. The molecule has 2 aromatic carbocycles. The fraction of sp³-hybridized carbons (Fsp3) is 0.125. The van der Waals surface area contributed by atoms with Gasteiger partial charge in [-0.05, 0) is 42.0 Å². The zero-order valence-corrected chi connectivity index (χ0v) is 17.5. The standard InChI is InChI=1S/C24H17ClF2N4O/c25-20-7-9-29-23-6-4-16(10-19(20)23)2-1-8-30-24(32)18-12-28-15-31(14-18)13-17-3-5-21(26)22(27)11-17/h3-7,9-12,15H,8,13-14H2,(H,30,32). The number of carbonyl (C=O) groups is 1. The predicted octanol–water partition coefficient (Wildman–Crippen LogP) is 4.06. The molecule has 1 aliphatic rings. The Kier molecular flexibility index (Phi) is 6.43. The van der Waals surface area contributed by atoms with E-state index in [2.05, 4.69) is 27.1 Å². The maximum absolute atomic E-state index is 13.4. The van der Waals surface area contributed by atoms with Gasteiger partial charge in [0.25, 0.3) is 5.91 Å². The number of aliphatic imine (C=N–C) groups is 1. The number of halogens is 3. The largest absolute Gasteiger partial charge is 0.354 e. The number of hydrogen-bond donors (Lipinski definition) is 1. The van der Waals surface area contributed by atoms with Crippen molar-refractivity contribution in [2.45, 2.75) is 6.54 Å². The van der Waals surface area contributed by atoms with E-state index in [9.17, 15) is 13.6 Å². The van der Waals surface area contributed by atoms with Crippen molar-refractivity contribution in [3.63, 3.8) is 0 Å². The summed E-state index contributed by atoms with van der Waals surface area (Å²) >= 11 is 6.19. The highest BCUT2D eigenvalue weighted by Crippen LogP contribution is 2.22. The molecule has 32 heavy (non-hydrogen) atoms. The smallest absolute Gasteiger partial charge is 0.251 e. The maximum atomic E-state index is 13.4. The number of pyridine rings is 1. The van der Waals surface area contributed by atoms with Gasteiger partial charge in [0.2, 0.25) is 0 Å². The molecule has 2 heterocycles. The second-order valence-corrected chi connectivity index (χ2v) is 7.49. The van der Waals surface area contributed by atoms with Crippen LogP contribution < -0.4 is 5.32 Å². The quantitative estimate of drug-likeness (QED) is 0.610. The molecule has 5 nitrogen and oxygen atoms in total. The van der Waals surface area contributed by atoms with Gasteiger partial charge in [0.05, 0.1) is 35.5 Å². The zero-order valence-electron chi connectivity index (χ0n) is 16.8. The lowest BCUT2D eigenvalue weighted by atomic mass is 10.1. The van der Waals surface area contributed by atoms with Crippen LogP contribution in [0.25, 0.3) is 10.9 Å². The Morgan fingerprint density at radius 3 is 2.88 bits per heavy atom. The SMILES string of the molecule is O=C(NCC#Cc1ccc2nccc(Cl)c2c1)C1=CN=CN(Cc2ccc(F)c(F)c2)C1. The van der Waals surface area contributed by atoms with Crippen molar-refractivity contribution < 1.29 is 13.6 Å². The summed E-state index contributed by atoms with van der Waals surface area (Å²) in [4.78, 5) is 22.5. The molecule has 4 rings (SSSR count). The van der Waals surface area contributed by atoms with Gasteiger partial charge in [-0.15, -0.1) is 0 Å². The average Bonchev–Trinajstić information content (AvgIpc) is 2.80. The van der Waals surface area contributed by atoms with Crippen LogP contribution in [0.2, 0.25) is 5.02 Å². The van der Waals surface area contributed by atoms with Gasteiger partial charge in [0.1, 0.15) is 0 Å². The Bertz CT molecular complexity index is 1310. The molecule has 160 valence electrons. The van der Waals surface area contributed by atoms with Crippen LogP contribution in [0.5, 0.6) is 0 Å². The number of aromatic nitrogens is 1. The molecule has 0 saturated heterocycles. The summed E-state index contributed by atoms with van der Waals surface area (Å²) < 4.78 is 26.5. The van der Waals surface area contributed by atoms with Gasteiger partial charge in [0.15, 0.2) is 11.6 Å². The van der Waals surface area contributed by atoms with Crippen LogP contribution >= 0.6 is 11.6 Å². The first kappa shape index (κ1) is 21.5. The van der Waals surface area contributed by atoms with E-state index in [-0.39, 0.29) is 19.0 Å². The van der Waals surface area contributed by atoms with Crippen LogP contribution in [0.15, 0.2) is 65.4 Å². The fourth-order valence-corrected chi connectivity index (χ4v) is 3.40. The van der Waals surface area contributed by atoms with Crippen LogP contribution in [0.1, 0.15) is 11.1 Å². The summed E-state index contributed by atoms with van der Waals surface area (Å²) in [6.45, 7) is 0.740. The third-order valence-corrected chi connectivity index (χ3v) is 5.08. The fourth-order valence-electron chi connectivity index (χ4n) is 3.19. The summed E-state index contributed by atoms with van der Waals surface area (Å²) in [5.41, 5.74) is 2.57. The van der Waals surface area contributed by atoms with Crippen molar-refractivity contribution in [3.05, 3.63) is 88.2 Å². The Hall–Kier alpha value is -3.76. The van der Waals surface area contributed by atoms with Crippen molar-refractivity contribution in [3.8, 4) is 11.8 Å². The van der Waals surface area contributed by atoms with Crippen LogP contribution in [-0.2, 0) is 11.3 Å². The summed E-state index contributed by atoms with van der Waals surface area (Å²) in [5, 5.41) is 4.16. The molecule has 0 atom stereocenters. The number of benzene rings is 2. The number of nitrogens with zero attached hydrogens (tertiary/aromatic N) is 3. The highest BCUT2D eigenvalue weighted by atomic mass is 35.5. The van der Waals surface area contributed by atoms with E-state index >= 15 is 0 Å². The number of carbonyl (C=O) groups excluding carboxylic acids is 1. The Balaban J connectivity index is 1.33. The van der Waals surface area contributed by atoms with Gasteiger partial charge in [-0.3, -0.25) is 9.78 Å². The minimum absolute atomic E-state index is 0.155. The highest BCUT2D eigenvalue weighted by Gasteiger charge is 2.16. The third kappa shape index (κ3) is 5.10. The van der Waals surface area contributed by atoms with Gasteiger partial charge in [-0.25, -0.2) is 13.8 Å². The summed E-state index contributed by atoms with van der Waals surface area (Å²) in [7, 11) is 0. The zero-order chi connectivity index (χ0) is 22.5. The van der Waals surface area contributed by atoms with Crippen molar-refractivity contribution in [1.29, 1.82) is 0 Å². The normalized spacial score (nSPS) is 12.8. The molecule has 0 spiro atoms. The molecule has 0 saturated carbocycles. The van der Waals surface area contributed by atoms with Gasteiger partial charge in [-0.1, -0.05) is 29.5 Å². The van der Waals surface area contributed by atoms with E-state index in [1.165, 1.54) is 12.3 Å². The monoisotopic (exact) mass is 450 g/mol. The van der Waals surface area contributed by atoms with Crippen molar-refractivity contribution in [1.82, 2.24) is 15.2 Å². The topological polar surface area (TPSA) is 57.6 Å².